The smallest absolute Gasteiger partial charge is 0.243 e. The number of aryl methyl sites for hydroxylation is 1. The summed E-state index contributed by atoms with van der Waals surface area (Å²) < 4.78 is 75.0. The van der Waals surface area contributed by atoms with Crippen molar-refractivity contribution in [3.63, 3.8) is 0 Å². The fourth-order valence-corrected chi connectivity index (χ4v) is 4.52. The number of anilines is 1. The average molecular weight is 524 g/mol. The predicted molar refractivity (Wildman–Crippen MR) is 133 cm³/mol. The number of hydrogen-bond donors (Lipinski definition) is 1. The maximum atomic E-state index is 13.7. The summed E-state index contributed by atoms with van der Waals surface area (Å²) in [6, 6.07) is 4.91. The van der Waals surface area contributed by atoms with Gasteiger partial charge in [-0.05, 0) is 45.4 Å². The van der Waals surface area contributed by atoms with Crippen molar-refractivity contribution >= 4 is 16.0 Å². The summed E-state index contributed by atoms with van der Waals surface area (Å²) in [6.45, 7) is 6.31. The van der Waals surface area contributed by atoms with Crippen LogP contribution in [0.25, 0.3) is 5.69 Å². The van der Waals surface area contributed by atoms with Crippen LogP contribution in [0, 0.1) is 6.92 Å². The van der Waals surface area contributed by atoms with Crippen LogP contribution in [-0.4, -0.2) is 65.8 Å². The quantitative estimate of drug-likeness (QED) is 0.377. The third-order valence-corrected chi connectivity index (χ3v) is 6.87. The Hall–Kier alpha value is -3.29. The average Bonchev–Trinajstić information content (AvgIpc) is 3.26. The normalized spacial score (nSPS) is 15.0. The Morgan fingerprint density at radius 2 is 1.72 bits per heavy atom. The standard InChI is InChI=1S/C23H32N6O6S/c1-14(2)35-21(22-24-11-15(3)12-25-22)16(4)36(30,31)28-23-27-26-19(13-32-5)29(23)20-17(33-6)9-8-10-18(20)34-7/h8-12,14,16,21H,13H2,1-7H3,(H,27,28)/t16-,21+/m0/s1/i5D3. The Morgan fingerprint density at radius 3 is 2.28 bits per heavy atom. The number of nitrogens with zero attached hydrogens (tertiary/aromatic N) is 5. The van der Waals surface area contributed by atoms with Crippen LogP contribution in [-0.2, 0) is 26.1 Å². The molecule has 0 aliphatic rings. The van der Waals surface area contributed by atoms with Gasteiger partial charge < -0.3 is 18.9 Å². The lowest BCUT2D eigenvalue weighted by Crippen LogP contribution is -2.35. The molecule has 3 aromatic rings. The van der Waals surface area contributed by atoms with Gasteiger partial charge in [-0.15, -0.1) is 10.2 Å². The first-order chi connectivity index (χ1) is 18.3. The zero-order chi connectivity index (χ0) is 29.0. The van der Waals surface area contributed by atoms with Crippen molar-refractivity contribution in [2.75, 3.05) is 26.0 Å². The van der Waals surface area contributed by atoms with E-state index in [1.807, 2.05) is 6.92 Å². The van der Waals surface area contributed by atoms with E-state index in [0.717, 1.165) is 5.56 Å². The first-order valence-corrected chi connectivity index (χ1v) is 12.6. The predicted octanol–water partition coefficient (Wildman–Crippen LogP) is 2.83. The van der Waals surface area contributed by atoms with Gasteiger partial charge >= 0.3 is 0 Å². The summed E-state index contributed by atoms with van der Waals surface area (Å²) in [7, 11) is -4.12. The number of ether oxygens (including phenoxy) is 4. The number of nitrogens with one attached hydrogen (secondary N) is 1. The van der Waals surface area contributed by atoms with Gasteiger partial charge in [0.15, 0.2) is 11.6 Å². The van der Waals surface area contributed by atoms with E-state index >= 15 is 0 Å². The van der Waals surface area contributed by atoms with Gasteiger partial charge in [0.05, 0.1) is 24.4 Å². The van der Waals surface area contributed by atoms with Gasteiger partial charge in [0.25, 0.3) is 0 Å². The molecule has 2 atom stereocenters. The number of hydrogen-bond acceptors (Lipinski definition) is 10. The molecule has 13 heteroatoms. The Bertz CT molecular complexity index is 1340. The van der Waals surface area contributed by atoms with E-state index in [4.69, 9.17) is 23.1 Å². The lowest BCUT2D eigenvalue weighted by molar-refractivity contribution is 0.00152. The third kappa shape index (κ3) is 5.91. The zero-order valence-electron chi connectivity index (χ0n) is 23.9. The number of para-hydroxylation sites is 1. The molecule has 0 amide bonds. The third-order valence-electron chi connectivity index (χ3n) is 5.18. The van der Waals surface area contributed by atoms with Gasteiger partial charge in [0, 0.05) is 19.4 Å². The molecule has 0 aliphatic carbocycles. The molecule has 0 saturated heterocycles. The van der Waals surface area contributed by atoms with E-state index < -0.39 is 35.0 Å². The summed E-state index contributed by atoms with van der Waals surface area (Å²) in [5, 5.41) is 6.80. The minimum Gasteiger partial charge on any atom is -0.494 e. The summed E-state index contributed by atoms with van der Waals surface area (Å²) >= 11 is 0. The van der Waals surface area contributed by atoms with Crippen LogP contribution >= 0.6 is 0 Å². The Kier molecular flexibility index (Phi) is 7.47. The molecule has 0 bridgehead atoms. The van der Waals surface area contributed by atoms with Crippen molar-refractivity contribution in [1.29, 1.82) is 0 Å². The summed E-state index contributed by atoms with van der Waals surface area (Å²) in [4.78, 5) is 8.54. The Labute approximate surface area is 215 Å². The van der Waals surface area contributed by atoms with Gasteiger partial charge in [-0.1, -0.05) is 6.07 Å². The molecule has 0 spiro atoms. The largest absolute Gasteiger partial charge is 0.494 e. The molecular formula is C23H32N6O6S. The number of benzene rings is 1. The molecule has 1 N–H and O–H groups in total. The second-order valence-corrected chi connectivity index (χ2v) is 10.2. The fourth-order valence-electron chi connectivity index (χ4n) is 3.43. The molecular weight excluding hydrogens is 488 g/mol. The Balaban J connectivity index is 2.09. The second kappa shape index (κ2) is 11.6. The maximum absolute atomic E-state index is 13.7. The molecule has 12 nitrogen and oxygen atoms in total. The van der Waals surface area contributed by atoms with Crippen molar-refractivity contribution < 1.29 is 31.5 Å². The van der Waals surface area contributed by atoms with Crippen LogP contribution in [0.3, 0.4) is 0 Å². The highest BCUT2D eigenvalue weighted by Crippen LogP contribution is 2.36. The molecule has 0 fully saturated rings. The summed E-state index contributed by atoms with van der Waals surface area (Å²) in [5.74, 6) is 0.503. The van der Waals surface area contributed by atoms with Crippen LogP contribution in [0.2, 0.25) is 0 Å². The van der Waals surface area contributed by atoms with E-state index in [1.165, 1.54) is 25.7 Å². The van der Waals surface area contributed by atoms with E-state index in [9.17, 15) is 8.42 Å². The van der Waals surface area contributed by atoms with Gasteiger partial charge in [-0.25, -0.2) is 18.4 Å². The van der Waals surface area contributed by atoms with Crippen molar-refractivity contribution in [2.45, 2.75) is 51.8 Å². The van der Waals surface area contributed by atoms with Gasteiger partial charge in [-0.3, -0.25) is 9.29 Å². The van der Waals surface area contributed by atoms with E-state index in [1.54, 1.807) is 44.4 Å². The summed E-state index contributed by atoms with van der Waals surface area (Å²) in [5.41, 5.74) is 1.04. The van der Waals surface area contributed by atoms with E-state index in [0.29, 0.717) is 0 Å². The molecule has 2 heterocycles. The molecule has 36 heavy (non-hydrogen) atoms. The molecule has 0 radical (unpaired) electrons. The minimum absolute atomic E-state index is 0.0175. The fraction of sp³-hybridized carbons (Fsp3) is 0.478. The first kappa shape index (κ1) is 23.1. The van der Waals surface area contributed by atoms with Gasteiger partial charge in [-0.2, -0.15) is 0 Å². The van der Waals surface area contributed by atoms with Crippen LogP contribution in [0.5, 0.6) is 11.5 Å². The number of sulfonamides is 1. The maximum Gasteiger partial charge on any atom is 0.243 e. The lowest BCUT2D eigenvalue weighted by Gasteiger charge is -2.25. The minimum atomic E-state index is -4.23. The Morgan fingerprint density at radius 1 is 1.08 bits per heavy atom. The molecule has 3 rings (SSSR count). The molecule has 2 aromatic heterocycles. The first-order valence-electron chi connectivity index (χ1n) is 12.5. The highest BCUT2D eigenvalue weighted by Gasteiger charge is 2.36. The van der Waals surface area contributed by atoms with Crippen molar-refractivity contribution in [3.05, 3.63) is 47.8 Å². The SMILES string of the molecule is [2H]C([2H])([2H])OCc1nnc(NS(=O)(=O)[C@@H](C)[C@@H](OC(C)C)c2ncc(C)cn2)n1-c1c(OC)cccc1OC. The van der Waals surface area contributed by atoms with Crippen molar-refractivity contribution in [1.82, 2.24) is 24.7 Å². The summed E-state index contributed by atoms with van der Waals surface area (Å²) in [6.07, 6.45) is 1.81. The van der Waals surface area contributed by atoms with Crippen molar-refractivity contribution in [3.8, 4) is 17.2 Å². The molecule has 196 valence electrons. The van der Waals surface area contributed by atoms with Crippen LogP contribution in [0.15, 0.2) is 30.6 Å². The second-order valence-electron chi connectivity index (χ2n) is 8.15. The molecule has 0 aliphatic heterocycles. The topological polar surface area (TPSA) is 140 Å². The van der Waals surface area contributed by atoms with E-state index in [-0.39, 0.29) is 40.9 Å². The highest BCUT2D eigenvalue weighted by molar-refractivity contribution is 7.93. The molecule has 0 unspecified atom stereocenters. The molecule has 0 saturated carbocycles. The van der Waals surface area contributed by atoms with Gasteiger partial charge in [0.2, 0.25) is 16.0 Å². The van der Waals surface area contributed by atoms with Crippen LogP contribution < -0.4 is 14.2 Å². The highest BCUT2D eigenvalue weighted by atomic mass is 32.2. The lowest BCUT2D eigenvalue weighted by atomic mass is 10.2. The number of rotatable bonds is 12. The van der Waals surface area contributed by atoms with Crippen molar-refractivity contribution in [2.24, 2.45) is 0 Å². The monoisotopic (exact) mass is 523 g/mol. The van der Waals surface area contributed by atoms with E-state index in [2.05, 4.69) is 24.9 Å². The number of methoxy groups -OCH3 is 3. The van der Waals surface area contributed by atoms with Crippen LogP contribution in [0.4, 0.5) is 5.95 Å². The van der Waals surface area contributed by atoms with Gasteiger partial charge in [0.1, 0.15) is 35.1 Å². The zero-order valence-corrected chi connectivity index (χ0v) is 21.7. The van der Waals surface area contributed by atoms with Crippen LogP contribution in [0.1, 0.15) is 48.2 Å². The molecule has 1 aromatic carbocycles. The number of aromatic nitrogens is 5.